The SMILES string of the molecule is CCCCC1CC1=C=C(C)C. The Morgan fingerprint density at radius 3 is 2.82 bits per heavy atom. The smallest absolute Gasteiger partial charge is 0.00834 e. The highest BCUT2D eigenvalue weighted by molar-refractivity contribution is 5.23. The van der Waals surface area contributed by atoms with Gasteiger partial charge in [-0.15, -0.1) is 5.73 Å². The summed E-state index contributed by atoms with van der Waals surface area (Å²) in [5.41, 5.74) is 6.31. The summed E-state index contributed by atoms with van der Waals surface area (Å²) >= 11 is 0. The van der Waals surface area contributed by atoms with Gasteiger partial charge in [0.15, 0.2) is 0 Å². The molecule has 1 aliphatic carbocycles. The van der Waals surface area contributed by atoms with Crippen LogP contribution in [0.1, 0.15) is 46.5 Å². The van der Waals surface area contributed by atoms with E-state index in [0.717, 1.165) is 5.92 Å². The standard InChI is InChI=1S/C11H18/c1-4-5-6-10-8-11(10)7-9(2)3/h10H,4-6,8H2,1-3H3. The van der Waals surface area contributed by atoms with Crippen LogP contribution >= 0.6 is 0 Å². The Morgan fingerprint density at radius 1 is 1.55 bits per heavy atom. The molecular weight excluding hydrogens is 132 g/mol. The van der Waals surface area contributed by atoms with Crippen LogP contribution in [0.2, 0.25) is 0 Å². The fourth-order valence-electron chi connectivity index (χ4n) is 1.41. The minimum atomic E-state index is 0.907. The molecule has 1 aliphatic rings. The molecule has 0 heteroatoms. The van der Waals surface area contributed by atoms with E-state index in [9.17, 15) is 0 Å². The van der Waals surface area contributed by atoms with E-state index in [0.29, 0.717) is 0 Å². The van der Waals surface area contributed by atoms with Crippen LogP contribution in [0, 0.1) is 5.92 Å². The molecule has 0 saturated heterocycles. The van der Waals surface area contributed by atoms with E-state index in [1.807, 2.05) is 0 Å². The summed E-state index contributed by atoms with van der Waals surface area (Å²) in [5, 5.41) is 0. The second-order valence-electron chi connectivity index (χ2n) is 3.69. The first-order chi connectivity index (χ1) is 5.24. The summed E-state index contributed by atoms with van der Waals surface area (Å²) in [6.07, 6.45) is 5.44. The van der Waals surface area contributed by atoms with Gasteiger partial charge in [-0.05, 0) is 43.8 Å². The molecule has 0 radical (unpaired) electrons. The first kappa shape index (κ1) is 8.62. The van der Waals surface area contributed by atoms with Crippen LogP contribution in [-0.4, -0.2) is 0 Å². The number of hydrogen-bond acceptors (Lipinski definition) is 0. The van der Waals surface area contributed by atoms with Crippen molar-refractivity contribution in [3.05, 3.63) is 16.9 Å². The van der Waals surface area contributed by atoms with Crippen LogP contribution in [0.4, 0.5) is 0 Å². The lowest BCUT2D eigenvalue weighted by Crippen LogP contribution is -1.74. The van der Waals surface area contributed by atoms with Gasteiger partial charge in [-0.2, -0.15) is 0 Å². The van der Waals surface area contributed by atoms with E-state index >= 15 is 0 Å². The lowest BCUT2D eigenvalue weighted by Gasteiger charge is -1.89. The average molecular weight is 150 g/mol. The second kappa shape index (κ2) is 3.78. The van der Waals surface area contributed by atoms with Gasteiger partial charge in [0.05, 0.1) is 0 Å². The van der Waals surface area contributed by atoms with Crippen molar-refractivity contribution in [1.29, 1.82) is 0 Å². The summed E-state index contributed by atoms with van der Waals surface area (Å²) in [5.74, 6) is 0.907. The molecule has 0 bridgehead atoms. The minimum Gasteiger partial charge on any atom is -0.123 e. The Labute approximate surface area is 70.0 Å². The number of hydrogen-bond donors (Lipinski definition) is 0. The fraction of sp³-hybridized carbons (Fsp3) is 0.727. The molecule has 0 aromatic rings. The molecular formula is C11H18. The number of rotatable bonds is 3. The zero-order chi connectivity index (χ0) is 8.27. The van der Waals surface area contributed by atoms with Crippen molar-refractivity contribution in [1.82, 2.24) is 0 Å². The Kier molecular flexibility index (Phi) is 2.96. The second-order valence-corrected chi connectivity index (χ2v) is 3.69. The van der Waals surface area contributed by atoms with Crippen molar-refractivity contribution < 1.29 is 0 Å². The van der Waals surface area contributed by atoms with Gasteiger partial charge in [0.1, 0.15) is 0 Å². The molecule has 1 atom stereocenters. The third kappa shape index (κ3) is 2.95. The van der Waals surface area contributed by atoms with Crippen LogP contribution in [0.5, 0.6) is 0 Å². The minimum absolute atomic E-state index is 0.907. The van der Waals surface area contributed by atoms with E-state index in [1.165, 1.54) is 31.3 Å². The maximum Gasteiger partial charge on any atom is -0.00834 e. The van der Waals surface area contributed by atoms with Crippen LogP contribution < -0.4 is 0 Å². The predicted molar refractivity (Wildman–Crippen MR) is 49.5 cm³/mol. The van der Waals surface area contributed by atoms with Gasteiger partial charge in [-0.25, -0.2) is 0 Å². The molecule has 1 unspecified atom stereocenters. The first-order valence-electron chi connectivity index (χ1n) is 4.67. The third-order valence-corrected chi connectivity index (χ3v) is 2.12. The summed E-state index contributed by atoms with van der Waals surface area (Å²) in [6, 6.07) is 0. The van der Waals surface area contributed by atoms with Crippen molar-refractivity contribution in [3.63, 3.8) is 0 Å². The van der Waals surface area contributed by atoms with Crippen LogP contribution in [-0.2, 0) is 0 Å². The monoisotopic (exact) mass is 150 g/mol. The highest BCUT2D eigenvalue weighted by Gasteiger charge is 2.28. The maximum atomic E-state index is 3.41. The van der Waals surface area contributed by atoms with Crippen molar-refractivity contribution in [3.8, 4) is 0 Å². The van der Waals surface area contributed by atoms with Crippen LogP contribution in [0.15, 0.2) is 16.9 Å². The normalized spacial score (nSPS) is 21.4. The van der Waals surface area contributed by atoms with Gasteiger partial charge in [0.2, 0.25) is 0 Å². The van der Waals surface area contributed by atoms with Crippen LogP contribution in [0.3, 0.4) is 0 Å². The molecule has 0 aromatic carbocycles. The Hall–Kier alpha value is -0.480. The van der Waals surface area contributed by atoms with Gasteiger partial charge < -0.3 is 0 Å². The summed E-state index contributed by atoms with van der Waals surface area (Å²) < 4.78 is 0. The van der Waals surface area contributed by atoms with E-state index in [4.69, 9.17) is 0 Å². The van der Waals surface area contributed by atoms with E-state index in [2.05, 4.69) is 26.5 Å². The molecule has 0 heterocycles. The predicted octanol–water partition coefficient (Wildman–Crippen LogP) is 3.69. The lowest BCUT2D eigenvalue weighted by atomic mass is 10.2. The third-order valence-electron chi connectivity index (χ3n) is 2.12. The molecule has 0 spiro atoms. The van der Waals surface area contributed by atoms with Crippen LogP contribution in [0.25, 0.3) is 0 Å². The van der Waals surface area contributed by atoms with Crippen molar-refractivity contribution in [2.75, 3.05) is 0 Å². The van der Waals surface area contributed by atoms with Crippen molar-refractivity contribution in [2.24, 2.45) is 5.92 Å². The summed E-state index contributed by atoms with van der Waals surface area (Å²) in [6.45, 7) is 6.51. The molecule has 1 fully saturated rings. The zero-order valence-electron chi connectivity index (χ0n) is 7.91. The highest BCUT2D eigenvalue weighted by atomic mass is 14.3. The Bertz CT molecular complexity index is 188. The first-order valence-corrected chi connectivity index (χ1v) is 4.67. The molecule has 1 rings (SSSR count). The molecule has 62 valence electrons. The molecule has 0 aromatic heterocycles. The van der Waals surface area contributed by atoms with E-state index in [1.54, 1.807) is 5.57 Å². The van der Waals surface area contributed by atoms with Gasteiger partial charge in [-0.3, -0.25) is 0 Å². The van der Waals surface area contributed by atoms with E-state index < -0.39 is 0 Å². The molecule has 1 saturated carbocycles. The van der Waals surface area contributed by atoms with Gasteiger partial charge in [-0.1, -0.05) is 19.8 Å². The summed E-state index contributed by atoms with van der Waals surface area (Å²) in [4.78, 5) is 0. The quantitative estimate of drug-likeness (QED) is 0.538. The Morgan fingerprint density at radius 2 is 2.27 bits per heavy atom. The molecule has 0 nitrogen and oxygen atoms in total. The fourth-order valence-corrected chi connectivity index (χ4v) is 1.41. The number of unbranched alkanes of at least 4 members (excludes halogenated alkanes) is 1. The van der Waals surface area contributed by atoms with Crippen molar-refractivity contribution >= 4 is 0 Å². The molecule has 0 aliphatic heterocycles. The van der Waals surface area contributed by atoms with Crippen molar-refractivity contribution in [2.45, 2.75) is 46.5 Å². The molecule has 0 amide bonds. The average Bonchev–Trinajstić information content (AvgIpc) is 2.62. The number of allylic oxidation sites excluding steroid dienone is 1. The molecule has 0 N–H and O–H groups in total. The molecule has 11 heavy (non-hydrogen) atoms. The lowest BCUT2D eigenvalue weighted by molar-refractivity contribution is 0.669. The van der Waals surface area contributed by atoms with Gasteiger partial charge >= 0.3 is 0 Å². The largest absolute Gasteiger partial charge is 0.123 e. The maximum absolute atomic E-state index is 3.41. The van der Waals surface area contributed by atoms with Gasteiger partial charge in [0, 0.05) is 0 Å². The topological polar surface area (TPSA) is 0 Å². The Balaban J connectivity index is 2.32. The highest BCUT2D eigenvalue weighted by Crippen LogP contribution is 2.40. The summed E-state index contributed by atoms with van der Waals surface area (Å²) in [7, 11) is 0. The van der Waals surface area contributed by atoms with E-state index in [-0.39, 0.29) is 0 Å². The van der Waals surface area contributed by atoms with Gasteiger partial charge in [0.25, 0.3) is 0 Å². The zero-order valence-corrected chi connectivity index (χ0v) is 7.91.